The van der Waals surface area contributed by atoms with Crippen LogP contribution in [0.2, 0.25) is 5.02 Å². The fourth-order valence-corrected chi connectivity index (χ4v) is 4.88. The lowest BCUT2D eigenvalue weighted by Gasteiger charge is -2.25. The summed E-state index contributed by atoms with van der Waals surface area (Å²) < 4.78 is 5.66. The van der Waals surface area contributed by atoms with E-state index in [9.17, 15) is 14.7 Å². The van der Waals surface area contributed by atoms with Crippen LogP contribution in [0.1, 0.15) is 35.9 Å². The maximum atomic E-state index is 13.1. The molecular weight excluding hydrogens is 446 g/mol. The van der Waals surface area contributed by atoms with Gasteiger partial charge in [-0.1, -0.05) is 11.6 Å². The topological polar surface area (TPSA) is 66.8 Å². The fourth-order valence-electron chi connectivity index (χ4n) is 3.73. The van der Waals surface area contributed by atoms with Crippen LogP contribution in [0.15, 0.2) is 65.6 Å². The summed E-state index contributed by atoms with van der Waals surface area (Å²) in [6.45, 7) is 5.77. The Bertz CT molecular complexity index is 1200. The molecule has 1 aliphatic heterocycles. The van der Waals surface area contributed by atoms with Crippen molar-refractivity contribution in [2.75, 3.05) is 4.90 Å². The molecule has 2 heterocycles. The van der Waals surface area contributed by atoms with Gasteiger partial charge in [-0.2, -0.15) is 0 Å². The lowest BCUT2D eigenvalue weighted by molar-refractivity contribution is -0.132. The maximum absolute atomic E-state index is 13.1. The van der Waals surface area contributed by atoms with Crippen LogP contribution < -0.4 is 9.64 Å². The van der Waals surface area contributed by atoms with E-state index in [4.69, 9.17) is 16.3 Å². The zero-order chi connectivity index (χ0) is 23.0. The summed E-state index contributed by atoms with van der Waals surface area (Å²) in [5, 5.41) is 13.6. The summed E-state index contributed by atoms with van der Waals surface area (Å²) in [5.74, 6) is -0.971. The third-order valence-corrected chi connectivity index (χ3v) is 6.52. The number of carbonyl (C=O) groups is 2. The summed E-state index contributed by atoms with van der Waals surface area (Å²) >= 11 is 7.46. The maximum Gasteiger partial charge on any atom is 0.300 e. The summed E-state index contributed by atoms with van der Waals surface area (Å²) in [6, 6.07) is 14.8. The Labute approximate surface area is 195 Å². The van der Waals surface area contributed by atoms with Gasteiger partial charge in [0.05, 0.1) is 11.7 Å². The largest absolute Gasteiger partial charge is 0.507 e. The predicted molar refractivity (Wildman–Crippen MR) is 127 cm³/mol. The summed E-state index contributed by atoms with van der Waals surface area (Å²) in [7, 11) is 0. The number of aliphatic hydroxyl groups is 1. The average Bonchev–Trinajstić information content (AvgIpc) is 3.29. The fraction of sp³-hybridized carbons (Fsp3) is 0.200. The van der Waals surface area contributed by atoms with Crippen molar-refractivity contribution >= 4 is 46.1 Å². The SMILES string of the molecule is Cc1ccsc1C1/C(=C(/O)c2ccc(OC(C)C)cc2)C(=O)C(=O)N1c1ccc(Cl)cc1. The Hall–Kier alpha value is -3.09. The number of carbonyl (C=O) groups excluding carboxylic acids is 2. The third-order valence-electron chi connectivity index (χ3n) is 5.20. The van der Waals surface area contributed by atoms with Crippen LogP contribution in [-0.2, 0) is 9.59 Å². The Morgan fingerprint density at radius 2 is 1.72 bits per heavy atom. The van der Waals surface area contributed by atoms with Gasteiger partial charge in [0.25, 0.3) is 11.7 Å². The predicted octanol–water partition coefficient (Wildman–Crippen LogP) is 6.12. The molecule has 1 aromatic heterocycles. The number of ketones is 1. The molecule has 0 bridgehead atoms. The number of benzene rings is 2. The van der Waals surface area contributed by atoms with Crippen LogP contribution in [0.5, 0.6) is 5.75 Å². The molecule has 4 rings (SSSR count). The van der Waals surface area contributed by atoms with Gasteiger partial charge in [-0.15, -0.1) is 11.3 Å². The van der Waals surface area contributed by atoms with Crippen LogP contribution >= 0.6 is 22.9 Å². The minimum atomic E-state index is -0.734. The molecule has 1 aliphatic rings. The van der Waals surface area contributed by atoms with Crippen LogP contribution in [0.25, 0.3) is 5.76 Å². The molecule has 0 spiro atoms. The van der Waals surface area contributed by atoms with Gasteiger partial charge in [0.1, 0.15) is 17.6 Å². The lowest BCUT2D eigenvalue weighted by atomic mass is 9.98. The highest BCUT2D eigenvalue weighted by atomic mass is 35.5. The van der Waals surface area contributed by atoms with E-state index in [1.807, 2.05) is 32.2 Å². The number of ether oxygens (including phenoxy) is 1. The molecule has 0 saturated carbocycles. The number of rotatable bonds is 5. The second-order valence-corrected chi connectivity index (χ2v) is 9.19. The number of halogens is 1. The molecule has 0 radical (unpaired) electrons. The number of Topliss-reactive ketones (excluding diaryl/α,β-unsaturated/α-hetero) is 1. The van der Waals surface area contributed by atoms with Crippen molar-refractivity contribution in [3.05, 3.63) is 86.6 Å². The van der Waals surface area contributed by atoms with Crippen molar-refractivity contribution in [3.63, 3.8) is 0 Å². The Balaban J connectivity index is 1.85. The molecule has 7 heteroatoms. The molecule has 3 aromatic rings. The number of aliphatic hydroxyl groups excluding tert-OH is 1. The van der Waals surface area contributed by atoms with Gasteiger partial charge < -0.3 is 9.84 Å². The number of amides is 1. The molecule has 5 nitrogen and oxygen atoms in total. The highest BCUT2D eigenvalue weighted by molar-refractivity contribution is 7.10. The minimum absolute atomic E-state index is 0.0148. The average molecular weight is 468 g/mol. The summed E-state index contributed by atoms with van der Waals surface area (Å²) in [4.78, 5) is 28.5. The van der Waals surface area contributed by atoms with Gasteiger partial charge in [-0.05, 0) is 86.3 Å². The van der Waals surface area contributed by atoms with Crippen molar-refractivity contribution in [2.45, 2.75) is 32.9 Å². The number of thiophene rings is 1. The van der Waals surface area contributed by atoms with E-state index in [0.717, 1.165) is 10.4 Å². The van der Waals surface area contributed by atoms with Crippen molar-refractivity contribution < 1.29 is 19.4 Å². The molecule has 164 valence electrons. The molecule has 1 atom stereocenters. The lowest BCUT2D eigenvalue weighted by Crippen LogP contribution is -2.29. The first kappa shape index (κ1) is 22.1. The van der Waals surface area contributed by atoms with Gasteiger partial charge in [-0.25, -0.2) is 0 Å². The first-order chi connectivity index (χ1) is 15.3. The van der Waals surface area contributed by atoms with E-state index in [0.29, 0.717) is 22.0 Å². The van der Waals surface area contributed by atoms with Crippen molar-refractivity contribution in [3.8, 4) is 5.75 Å². The molecule has 1 saturated heterocycles. The van der Waals surface area contributed by atoms with E-state index in [-0.39, 0.29) is 17.4 Å². The van der Waals surface area contributed by atoms with E-state index < -0.39 is 17.7 Å². The molecule has 1 unspecified atom stereocenters. The molecule has 1 fully saturated rings. The van der Waals surface area contributed by atoms with E-state index in [1.54, 1.807) is 48.5 Å². The first-order valence-electron chi connectivity index (χ1n) is 10.2. The van der Waals surface area contributed by atoms with Gasteiger partial charge >= 0.3 is 0 Å². The van der Waals surface area contributed by atoms with Crippen LogP contribution in [0, 0.1) is 6.92 Å². The monoisotopic (exact) mass is 467 g/mol. The molecule has 1 N–H and O–H groups in total. The second kappa shape index (κ2) is 8.81. The van der Waals surface area contributed by atoms with Gasteiger partial charge in [-0.3, -0.25) is 14.5 Å². The second-order valence-electron chi connectivity index (χ2n) is 7.80. The van der Waals surface area contributed by atoms with E-state index in [1.165, 1.54) is 16.2 Å². The number of anilines is 1. The Morgan fingerprint density at radius 3 is 2.28 bits per heavy atom. The van der Waals surface area contributed by atoms with Crippen LogP contribution in [0.4, 0.5) is 5.69 Å². The number of hydrogen-bond acceptors (Lipinski definition) is 5. The zero-order valence-corrected chi connectivity index (χ0v) is 19.4. The summed E-state index contributed by atoms with van der Waals surface area (Å²) in [5.41, 5.74) is 1.98. The molecule has 1 amide bonds. The zero-order valence-electron chi connectivity index (χ0n) is 17.8. The highest BCUT2D eigenvalue weighted by Gasteiger charge is 2.47. The smallest absolute Gasteiger partial charge is 0.300 e. The Kier molecular flexibility index (Phi) is 6.09. The molecular formula is C25H22ClNO4S. The van der Waals surface area contributed by atoms with Gasteiger partial charge in [0.15, 0.2) is 0 Å². The quantitative estimate of drug-likeness (QED) is 0.278. The van der Waals surface area contributed by atoms with Crippen LogP contribution in [0.3, 0.4) is 0 Å². The minimum Gasteiger partial charge on any atom is -0.507 e. The van der Waals surface area contributed by atoms with Crippen LogP contribution in [-0.4, -0.2) is 22.9 Å². The van der Waals surface area contributed by atoms with E-state index >= 15 is 0 Å². The molecule has 32 heavy (non-hydrogen) atoms. The summed E-state index contributed by atoms with van der Waals surface area (Å²) in [6.07, 6.45) is 0.0148. The van der Waals surface area contributed by atoms with E-state index in [2.05, 4.69) is 0 Å². The van der Waals surface area contributed by atoms with Gasteiger partial charge in [0.2, 0.25) is 0 Å². The number of hydrogen-bond donors (Lipinski definition) is 1. The first-order valence-corrected chi connectivity index (χ1v) is 11.4. The number of nitrogens with zero attached hydrogens (tertiary/aromatic N) is 1. The number of aryl methyl sites for hydroxylation is 1. The van der Waals surface area contributed by atoms with Crippen molar-refractivity contribution in [1.29, 1.82) is 0 Å². The third kappa shape index (κ3) is 4.04. The normalized spacial score (nSPS) is 17.9. The molecule has 2 aromatic carbocycles. The standard InChI is InChI=1S/C25H22ClNO4S/c1-14(2)31-19-10-4-16(5-11-19)22(28)20-21(24-15(3)12-13-32-24)27(25(30)23(20)29)18-8-6-17(26)7-9-18/h4-14,21,28H,1-3H3/b22-20-. The molecule has 0 aliphatic carbocycles. The van der Waals surface area contributed by atoms with Crippen molar-refractivity contribution in [1.82, 2.24) is 0 Å². The van der Waals surface area contributed by atoms with Gasteiger partial charge in [0, 0.05) is 21.2 Å². The highest BCUT2D eigenvalue weighted by Crippen LogP contribution is 2.45. The Morgan fingerprint density at radius 1 is 1.06 bits per heavy atom. The van der Waals surface area contributed by atoms with Crippen molar-refractivity contribution in [2.24, 2.45) is 0 Å².